The molecular weight excluding hydrogens is 537 g/mol. The van der Waals surface area contributed by atoms with Crippen molar-refractivity contribution in [3.63, 3.8) is 0 Å². The maximum absolute atomic E-state index is 13.5. The summed E-state index contributed by atoms with van der Waals surface area (Å²) in [6, 6.07) is 5.09. The second kappa shape index (κ2) is 13.2. The van der Waals surface area contributed by atoms with Crippen LogP contribution in [0.1, 0.15) is 103 Å². The topological polar surface area (TPSA) is 70.8 Å². The molecule has 2 heterocycles. The van der Waals surface area contributed by atoms with Crippen LogP contribution in [0.25, 0.3) is 0 Å². The van der Waals surface area contributed by atoms with E-state index in [0.717, 1.165) is 94.3 Å². The number of alkyl halides is 3. The van der Waals surface area contributed by atoms with Crippen LogP contribution in [-0.4, -0.2) is 62.7 Å². The number of hydrogen-bond donors (Lipinski definition) is 1. The highest BCUT2D eigenvalue weighted by atomic mass is 32.1. The molecule has 1 N–H and O–H groups in total. The molecule has 0 radical (unpaired) electrons. The molecule has 2 fully saturated rings. The number of hydrogen-bond acceptors (Lipinski definition) is 5. The predicted molar refractivity (Wildman–Crippen MR) is 155 cm³/mol. The van der Waals surface area contributed by atoms with Gasteiger partial charge >= 0.3 is 6.18 Å². The number of thiocarbonyl (C=S) groups is 1. The molecule has 40 heavy (non-hydrogen) atoms. The average Bonchev–Trinajstić information content (AvgIpc) is 3.45. The Kier molecular flexibility index (Phi) is 10.6. The maximum Gasteiger partial charge on any atom is 0.417 e. The molecule has 0 saturated carbocycles. The average molecular weight is 581 g/mol. The van der Waals surface area contributed by atoms with Crippen LogP contribution < -0.4 is 4.90 Å². The lowest BCUT2D eigenvalue weighted by Crippen LogP contribution is -2.49. The van der Waals surface area contributed by atoms with E-state index in [2.05, 4.69) is 18.7 Å². The number of aliphatic hydroxyl groups is 1. The van der Waals surface area contributed by atoms with Crippen molar-refractivity contribution in [2.45, 2.75) is 115 Å². The predicted octanol–water partition coefficient (Wildman–Crippen LogP) is 6.65. The smallest absolute Gasteiger partial charge is 0.388 e. The van der Waals surface area contributed by atoms with Gasteiger partial charge in [-0.2, -0.15) is 18.4 Å². The first kappa shape index (κ1) is 32.3. The van der Waals surface area contributed by atoms with Crippen molar-refractivity contribution < 1.29 is 23.1 Å². The normalized spacial score (nSPS) is 20.0. The quantitative estimate of drug-likeness (QED) is 0.208. The van der Waals surface area contributed by atoms with Gasteiger partial charge in [-0.1, -0.05) is 39.5 Å². The Balaban J connectivity index is 1.48. The minimum Gasteiger partial charge on any atom is -0.388 e. The lowest BCUT2D eigenvalue weighted by atomic mass is 9.87. The summed E-state index contributed by atoms with van der Waals surface area (Å²) in [5.41, 5.74) is -3.11. The fraction of sp³-hybridized carbons (Fsp3) is 0.700. The number of amides is 1. The highest BCUT2D eigenvalue weighted by Gasteiger charge is 2.49. The van der Waals surface area contributed by atoms with Crippen LogP contribution in [0.3, 0.4) is 0 Å². The van der Waals surface area contributed by atoms with Crippen molar-refractivity contribution in [3.8, 4) is 6.07 Å². The third-order valence-corrected chi connectivity index (χ3v) is 9.20. The second-order valence-electron chi connectivity index (χ2n) is 11.6. The third kappa shape index (κ3) is 6.80. The number of unbranched alkanes of at least 4 members (excludes halogenated alkanes) is 5. The Morgan fingerprint density at radius 3 is 2.25 bits per heavy atom. The molecule has 2 aliphatic rings. The zero-order valence-corrected chi connectivity index (χ0v) is 25.0. The zero-order valence-electron chi connectivity index (χ0n) is 24.2. The van der Waals surface area contributed by atoms with Crippen LogP contribution in [0.15, 0.2) is 18.2 Å². The van der Waals surface area contributed by atoms with E-state index >= 15 is 0 Å². The summed E-state index contributed by atoms with van der Waals surface area (Å²) in [5.74, 6) is -0.381. The van der Waals surface area contributed by atoms with Crippen molar-refractivity contribution in [1.29, 1.82) is 5.26 Å². The van der Waals surface area contributed by atoms with Gasteiger partial charge in [0.25, 0.3) is 5.91 Å². The summed E-state index contributed by atoms with van der Waals surface area (Å²) < 4.78 is 40.5. The Bertz CT molecular complexity index is 1100. The molecule has 0 aromatic heterocycles. The van der Waals surface area contributed by atoms with E-state index in [0.29, 0.717) is 6.54 Å². The number of carbonyl (C=O) groups excluding carboxylic acids is 1. The number of halogens is 3. The summed E-state index contributed by atoms with van der Waals surface area (Å²) in [4.78, 5) is 18.7. The van der Waals surface area contributed by atoms with Crippen molar-refractivity contribution in [3.05, 3.63) is 29.3 Å². The number of likely N-dealkylation sites (tertiary alicyclic amines) is 1. The molecule has 1 aromatic carbocycles. The maximum atomic E-state index is 13.5. The van der Waals surface area contributed by atoms with Gasteiger partial charge in [0.2, 0.25) is 0 Å². The van der Waals surface area contributed by atoms with Crippen LogP contribution in [0.5, 0.6) is 0 Å². The minimum atomic E-state index is -4.72. The van der Waals surface area contributed by atoms with Crippen LogP contribution in [0.2, 0.25) is 0 Å². The van der Waals surface area contributed by atoms with Crippen LogP contribution in [0.4, 0.5) is 18.9 Å². The molecule has 2 saturated heterocycles. The van der Waals surface area contributed by atoms with Crippen LogP contribution in [-0.2, 0) is 11.0 Å². The molecule has 6 nitrogen and oxygen atoms in total. The summed E-state index contributed by atoms with van der Waals surface area (Å²) in [6.45, 7) is 10.2. The van der Waals surface area contributed by atoms with Crippen LogP contribution >= 0.6 is 12.2 Å². The zero-order chi connectivity index (χ0) is 29.7. The first-order valence-corrected chi connectivity index (χ1v) is 15.0. The number of rotatable bonds is 13. The lowest BCUT2D eigenvalue weighted by molar-refractivity contribution is -0.137. The van der Waals surface area contributed by atoms with E-state index in [4.69, 9.17) is 17.5 Å². The van der Waals surface area contributed by atoms with Crippen molar-refractivity contribution >= 4 is 28.9 Å². The molecule has 1 atom stereocenters. The summed E-state index contributed by atoms with van der Waals surface area (Å²) >= 11 is 5.57. The van der Waals surface area contributed by atoms with E-state index in [1.807, 2.05) is 0 Å². The number of nitrogens with zero attached hydrogens (tertiary/aromatic N) is 4. The number of benzene rings is 1. The van der Waals surface area contributed by atoms with Crippen molar-refractivity contribution in [2.75, 3.05) is 24.5 Å². The van der Waals surface area contributed by atoms with Gasteiger partial charge < -0.3 is 10.0 Å². The SMILES string of the molecule is CCC(O)(CC)[C@@H]1CCCN1CCCCCCCCN1C(=S)N(c2ccc(C#N)c(C(F)(F)F)c2)C(=O)C1(C)C. The molecule has 0 unspecified atom stereocenters. The fourth-order valence-electron chi connectivity index (χ4n) is 6.16. The first-order valence-electron chi connectivity index (χ1n) is 14.6. The third-order valence-electron chi connectivity index (χ3n) is 8.80. The monoisotopic (exact) mass is 580 g/mol. The Morgan fingerprint density at radius 1 is 1.07 bits per heavy atom. The Morgan fingerprint density at radius 2 is 1.68 bits per heavy atom. The summed E-state index contributed by atoms with van der Waals surface area (Å²) in [5, 5.41) is 20.2. The molecule has 1 amide bonds. The highest BCUT2D eigenvalue weighted by molar-refractivity contribution is 7.80. The molecule has 222 valence electrons. The van der Waals surface area contributed by atoms with E-state index < -0.39 is 28.4 Å². The summed E-state index contributed by atoms with van der Waals surface area (Å²) in [7, 11) is 0. The van der Waals surface area contributed by atoms with Gasteiger partial charge in [-0.05, 0) is 95.9 Å². The molecule has 1 aromatic rings. The first-order chi connectivity index (χ1) is 18.8. The van der Waals surface area contributed by atoms with Gasteiger partial charge in [0.05, 0.1) is 28.5 Å². The molecule has 3 rings (SSSR count). The number of carbonyl (C=O) groups is 1. The Labute approximate surface area is 242 Å². The molecular formula is C30H43F3N4O2S. The van der Waals surface area contributed by atoms with Gasteiger partial charge in [0, 0.05) is 12.6 Å². The number of anilines is 1. The molecule has 10 heteroatoms. The largest absolute Gasteiger partial charge is 0.417 e. The van der Waals surface area contributed by atoms with E-state index in [1.165, 1.54) is 6.07 Å². The fourth-order valence-corrected chi connectivity index (χ4v) is 6.67. The Hall–Kier alpha value is -2.22. The minimum absolute atomic E-state index is 0.0217. The van der Waals surface area contributed by atoms with E-state index in [9.17, 15) is 23.1 Å². The van der Waals surface area contributed by atoms with E-state index in [1.54, 1.807) is 24.8 Å². The second-order valence-corrected chi connectivity index (χ2v) is 12.0. The molecule has 0 spiro atoms. The number of nitriles is 1. The van der Waals surface area contributed by atoms with Gasteiger partial charge in [-0.15, -0.1) is 0 Å². The van der Waals surface area contributed by atoms with E-state index in [-0.39, 0.29) is 22.7 Å². The van der Waals surface area contributed by atoms with Gasteiger partial charge in [-0.25, -0.2) is 0 Å². The van der Waals surface area contributed by atoms with Gasteiger partial charge in [-0.3, -0.25) is 14.6 Å². The van der Waals surface area contributed by atoms with Crippen molar-refractivity contribution in [2.24, 2.45) is 0 Å². The molecule has 0 bridgehead atoms. The highest BCUT2D eigenvalue weighted by Crippen LogP contribution is 2.38. The van der Waals surface area contributed by atoms with Crippen molar-refractivity contribution in [1.82, 2.24) is 9.80 Å². The molecule has 0 aliphatic carbocycles. The summed E-state index contributed by atoms with van der Waals surface area (Å²) in [6.07, 6.45) is 5.26. The van der Waals surface area contributed by atoms with Gasteiger partial charge in [0.15, 0.2) is 5.11 Å². The van der Waals surface area contributed by atoms with Gasteiger partial charge in [0.1, 0.15) is 5.54 Å². The van der Waals surface area contributed by atoms with Crippen LogP contribution in [0, 0.1) is 11.3 Å². The standard InChI is InChI=1S/C30H43F3N4O2S/c1-5-29(39,6-2)25-14-13-18-35(25)17-11-9-7-8-10-12-19-36-27(40)37(26(38)28(36,3)4)23-16-15-22(21-34)24(20-23)30(31,32)33/h15-16,20,25,39H,5-14,17-19H2,1-4H3/t25-/m0/s1. The molecule has 2 aliphatic heterocycles. The lowest BCUT2D eigenvalue weighted by Gasteiger charge is -2.38.